The number of rotatable bonds is 7. The van der Waals surface area contributed by atoms with E-state index in [0.29, 0.717) is 27.5 Å². The largest absolute Gasteiger partial charge is 0.493 e. The Labute approximate surface area is 203 Å². The lowest BCUT2D eigenvalue weighted by molar-refractivity contribution is -0.123. The van der Waals surface area contributed by atoms with E-state index in [1.54, 1.807) is 42.5 Å². The molecule has 0 aliphatic carbocycles. The standard InChI is InChI=1S/C25H19BrFNO4S/c1-31-22-12-16(9-10-21(22)32-15-18-6-2-3-8-20(18)27)13-23-24(29)28(25(30)33-23)14-17-5-4-7-19(26)11-17/h2-13H,14-15H2,1H3/b23-13+. The summed E-state index contributed by atoms with van der Waals surface area (Å²) in [4.78, 5) is 26.8. The number of halogens is 2. The average molecular weight is 528 g/mol. The molecule has 0 unspecified atom stereocenters. The molecule has 0 atom stereocenters. The number of ether oxygens (including phenoxy) is 2. The summed E-state index contributed by atoms with van der Waals surface area (Å²) in [5.41, 5.74) is 1.96. The van der Waals surface area contributed by atoms with Crippen molar-refractivity contribution in [2.75, 3.05) is 7.11 Å². The van der Waals surface area contributed by atoms with Gasteiger partial charge in [-0.15, -0.1) is 0 Å². The lowest BCUT2D eigenvalue weighted by Crippen LogP contribution is -2.27. The SMILES string of the molecule is COc1cc(/C=C2/SC(=O)N(Cc3cccc(Br)c3)C2=O)ccc1OCc1ccccc1F. The van der Waals surface area contributed by atoms with Crippen LogP contribution in [0.1, 0.15) is 16.7 Å². The Balaban J connectivity index is 1.49. The summed E-state index contributed by atoms with van der Waals surface area (Å²) < 4.78 is 25.9. The van der Waals surface area contributed by atoms with E-state index < -0.39 is 0 Å². The maximum atomic E-state index is 13.8. The van der Waals surface area contributed by atoms with Crippen molar-refractivity contribution >= 4 is 44.9 Å². The van der Waals surface area contributed by atoms with Crippen LogP contribution in [0.15, 0.2) is 76.1 Å². The Morgan fingerprint density at radius 3 is 2.61 bits per heavy atom. The van der Waals surface area contributed by atoms with E-state index in [2.05, 4.69) is 15.9 Å². The van der Waals surface area contributed by atoms with Gasteiger partial charge in [-0.1, -0.05) is 52.3 Å². The van der Waals surface area contributed by atoms with Crippen LogP contribution in [0.2, 0.25) is 0 Å². The zero-order valence-electron chi connectivity index (χ0n) is 17.6. The first-order chi connectivity index (χ1) is 15.9. The summed E-state index contributed by atoms with van der Waals surface area (Å²) in [5.74, 6) is 0.199. The molecule has 0 saturated carbocycles. The highest BCUT2D eigenvalue weighted by Gasteiger charge is 2.35. The molecule has 1 aliphatic heterocycles. The molecule has 1 fully saturated rings. The highest BCUT2D eigenvalue weighted by atomic mass is 79.9. The predicted molar refractivity (Wildman–Crippen MR) is 129 cm³/mol. The number of nitrogens with zero attached hydrogens (tertiary/aromatic N) is 1. The topological polar surface area (TPSA) is 55.8 Å². The lowest BCUT2D eigenvalue weighted by Gasteiger charge is -2.13. The van der Waals surface area contributed by atoms with Crippen LogP contribution in [0.5, 0.6) is 11.5 Å². The normalized spacial score (nSPS) is 14.8. The van der Waals surface area contributed by atoms with Gasteiger partial charge in [-0.2, -0.15) is 0 Å². The molecule has 4 rings (SSSR count). The van der Waals surface area contributed by atoms with Crippen LogP contribution < -0.4 is 9.47 Å². The van der Waals surface area contributed by atoms with Gasteiger partial charge < -0.3 is 9.47 Å². The summed E-state index contributed by atoms with van der Waals surface area (Å²) >= 11 is 4.30. The minimum Gasteiger partial charge on any atom is -0.493 e. The average Bonchev–Trinajstić information content (AvgIpc) is 3.06. The third-order valence-corrected chi connectivity index (χ3v) is 6.33. The molecule has 0 N–H and O–H groups in total. The number of benzene rings is 3. The summed E-state index contributed by atoms with van der Waals surface area (Å²) in [5, 5.41) is -0.317. The Bertz CT molecular complexity index is 1250. The molecule has 1 saturated heterocycles. The fraction of sp³-hybridized carbons (Fsp3) is 0.120. The van der Waals surface area contributed by atoms with Crippen molar-refractivity contribution in [3.05, 3.63) is 98.6 Å². The first-order valence-corrected chi connectivity index (χ1v) is 11.6. The van der Waals surface area contributed by atoms with E-state index in [1.807, 2.05) is 24.3 Å². The van der Waals surface area contributed by atoms with E-state index in [1.165, 1.54) is 18.1 Å². The number of carbonyl (C=O) groups is 2. The van der Waals surface area contributed by atoms with E-state index in [4.69, 9.17) is 9.47 Å². The van der Waals surface area contributed by atoms with Crippen molar-refractivity contribution in [2.45, 2.75) is 13.2 Å². The van der Waals surface area contributed by atoms with Crippen LogP contribution in [0.25, 0.3) is 6.08 Å². The smallest absolute Gasteiger partial charge is 0.293 e. The van der Waals surface area contributed by atoms with Crippen molar-refractivity contribution in [3.63, 3.8) is 0 Å². The van der Waals surface area contributed by atoms with Crippen LogP contribution in [0.4, 0.5) is 9.18 Å². The number of hydrogen-bond donors (Lipinski definition) is 0. The van der Waals surface area contributed by atoms with Gasteiger partial charge in [0.25, 0.3) is 11.1 Å². The summed E-state index contributed by atoms with van der Waals surface area (Å²) in [6.07, 6.45) is 1.65. The molecule has 3 aromatic rings. The van der Waals surface area contributed by atoms with Gasteiger partial charge in [0, 0.05) is 10.0 Å². The molecule has 2 amide bonds. The predicted octanol–water partition coefficient (Wildman–Crippen LogP) is 6.41. The molecule has 0 radical (unpaired) electrons. The minimum absolute atomic E-state index is 0.0524. The summed E-state index contributed by atoms with van der Waals surface area (Å²) in [7, 11) is 1.50. The van der Waals surface area contributed by atoms with Gasteiger partial charge in [-0.05, 0) is 59.3 Å². The zero-order valence-corrected chi connectivity index (χ0v) is 20.0. The Morgan fingerprint density at radius 1 is 1.03 bits per heavy atom. The highest BCUT2D eigenvalue weighted by Crippen LogP contribution is 2.35. The van der Waals surface area contributed by atoms with Crippen LogP contribution >= 0.6 is 27.7 Å². The maximum Gasteiger partial charge on any atom is 0.293 e. The van der Waals surface area contributed by atoms with Crippen molar-refractivity contribution in [1.29, 1.82) is 0 Å². The first kappa shape index (κ1) is 23.1. The molecule has 0 aromatic heterocycles. The molecule has 1 aliphatic rings. The van der Waals surface area contributed by atoms with E-state index in [-0.39, 0.29) is 30.1 Å². The second-order valence-corrected chi connectivity index (χ2v) is 9.10. The molecule has 5 nitrogen and oxygen atoms in total. The first-order valence-electron chi connectivity index (χ1n) is 9.98. The van der Waals surface area contributed by atoms with Gasteiger partial charge in [0.05, 0.1) is 18.6 Å². The number of amides is 2. The highest BCUT2D eigenvalue weighted by molar-refractivity contribution is 9.10. The summed E-state index contributed by atoms with van der Waals surface area (Å²) in [6.45, 7) is 0.254. The third-order valence-electron chi connectivity index (χ3n) is 4.93. The fourth-order valence-corrected chi connectivity index (χ4v) is 4.55. The van der Waals surface area contributed by atoms with Crippen molar-refractivity contribution < 1.29 is 23.5 Å². The molecule has 33 heavy (non-hydrogen) atoms. The third kappa shape index (κ3) is 5.46. The van der Waals surface area contributed by atoms with Crippen molar-refractivity contribution in [3.8, 4) is 11.5 Å². The second kappa shape index (κ2) is 10.2. The monoisotopic (exact) mass is 527 g/mol. The maximum absolute atomic E-state index is 13.8. The molecule has 8 heteroatoms. The van der Waals surface area contributed by atoms with Gasteiger partial charge in [-0.3, -0.25) is 14.5 Å². The van der Waals surface area contributed by atoms with Gasteiger partial charge in [0.1, 0.15) is 12.4 Å². The molecule has 3 aromatic carbocycles. The Morgan fingerprint density at radius 2 is 1.85 bits per heavy atom. The van der Waals surface area contributed by atoms with Crippen LogP contribution in [0.3, 0.4) is 0 Å². The molecule has 0 bridgehead atoms. The van der Waals surface area contributed by atoms with Gasteiger partial charge in [0.2, 0.25) is 0 Å². The number of carbonyl (C=O) groups excluding carboxylic acids is 2. The number of imide groups is 1. The minimum atomic E-state index is -0.344. The zero-order chi connectivity index (χ0) is 23.4. The van der Waals surface area contributed by atoms with Crippen LogP contribution in [-0.4, -0.2) is 23.2 Å². The fourth-order valence-electron chi connectivity index (χ4n) is 3.27. The lowest BCUT2D eigenvalue weighted by atomic mass is 10.1. The molecule has 168 valence electrons. The van der Waals surface area contributed by atoms with E-state index in [0.717, 1.165) is 21.8 Å². The van der Waals surface area contributed by atoms with E-state index in [9.17, 15) is 14.0 Å². The van der Waals surface area contributed by atoms with E-state index >= 15 is 0 Å². The Hall–Kier alpha value is -3.10. The van der Waals surface area contributed by atoms with Crippen LogP contribution in [-0.2, 0) is 17.9 Å². The van der Waals surface area contributed by atoms with Gasteiger partial charge in [0.15, 0.2) is 11.5 Å². The van der Waals surface area contributed by atoms with Gasteiger partial charge in [-0.25, -0.2) is 4.39 Å². The quantitative estimate of drug-likeness (QED) is 0.332. The van der Waals surface area contributed by atoms with Crippen LogP contribution in [0, 0.1) is 5.82 Å². The Kier molecular flexibility index (Phi) is 7.15. The van der Waals surface area contributed by atoms with Crippen molar-refractivity contribution in [1.82, 2.24) is 4.90 Å². The number of thioether (sulfide) groups is 1. The number of hydrogen-bond acceptors (Lipinski definition) is 5. The molecule has 0 spiro atoms. The molecule has 1 heterocycles. The second-order valence-electron chi connectivity index (χ2n) is 7.19. The number of methoxy groups -OCH3 is 1. The van der Waals surface area contributed by atoms with Crippen molar-refractivity contribution in [2.24, 2.45) is 0 Å². The van der Waals surface area contributed by atoms with Gasteiger partial charge >= 0.3 is 0 Å². The molecular formula is C25H19BrFNO4S. The summed E-state index contributed by atoms with van der Waals surface area (Å²) in [6, 6.07) is 19.0. The molecular weight excluding hydrogens is 509 g/mol.